The van der Waals surface area contributed by atoms with Crippen molar-refractivity contribution in [2.24, 2.45) is 0 Å². The predicted molar refractivity (Wildman–Crippen MR) is 102 cm³/mol. The zero-order chi connectivity index (χ0) is 20.8. The fourth-order valence-corrected chi connectivity index (χ4v) is 3.01. The van der Waals surface area contributed by atoms with E-state index >= 15 is 0 Å². The normalized spacial score (nSPS) is 13.9. The summed E-state index contributed by atoms with van der Waals surface area (Å²) >= 11 is 0. The summed E-state index contributed by atoms with van der Waals surface area (Å²) in [5.41, 5.74) is 0.0857. The molecular formula is C21H22F2N2O4. The molecule has 0 aliphatic carbocycles. The largest absolute Gasteiger partial charge is 0.494 e. The molecule has 29 heavy (non-hydrogen) atoms. The molecule has 1 aliphatic rings. The van der Waals surface area contributed by atoms with Crippen LogP contribution in [0.1, 0.15) is 17.3 Å². The number of rotatable bonds is 6. The van der Waals surface area contributed by atoms with Crippen molar-refractivity contribution in [2.75, 3.05) is 39.4 Å². The molecule has 154 valence electrons. The third kappa shape index (κ3) is 5.22. The van der Waals surface area contributed by atoms with Crippen LogP contribution in [0.4, 0.5) is 8.78 Å². The van der Waals surface area contributed by atoms with Crippen molar-refractivity contribution < 1.29 is 27.8 Å². The quantitative estimate of drug-likeness (QED) is 0.743. The smallest absolute Gasteiger partial charge is 0.260 e. The molecule has 0 saturated carbocycles. The van der Waals surface area contributed by atoms with Gasteiger partial charge in [-0.3, -0.25) is 9.59 Å². The Kier molecular flexibility index (Phi) is 6.64. The van der Waals surface area contributed by atoms with E-state index in [0.717, 1.165) is 17.9 Å². The van der Waals surface area contributed by atoms with E-state index in [1.54, 1.807) is 29.2 Å². The van der Waals surface area contributed by atoms with Crippen LogP contribution in [0.2, 0.25) is 0 Å². The molecular weight excluding hydrogens is 382 g/mol. The lowest BCUT2D eigenvalue weighted by Gasteiger charge is -2.34. The number of halogens is 2. The number of piperazine rings is 1. The molecule has 2 amide bonds. The minimum atomic E-state index is -1.06. The molecule has 2 aromatic rings. The van der Waals surface area contributed by atoms with E-state index < -0.39 is 11.6 Å². The summed E-state index contributed by atoms with van der Waals surface area (Å²) in [6.45, 7) is 3.68. The van der Waals surface area contributed by atoms with Gasteiger partial charge in [-0.2, -0.15) is 0 Å². The molecule has 0 aromatic heterocycles. The Morgan fingerprint density at radius 3 is 2.03 bits per heavy atom. The van der Waals surface area contributed by atoms with E-state index in [9.17, 15) is 18.4 Å². The van der Waals surface area contributed by atoms with Gasteiger partial charge in [0.2, 0.25) is 0 Å². The second kappa shape index (κ2) is 9.36. The van der Waals surface area contributed by atoms with Crippen LogP contribution in [-0.4, -0.2) is 61.0 Å². The first-order chi connectivity index (χ1) is 14.0. The topological polar surface area (TPSA) is 59.1 Å². The summed E-state index contributed by atoms with van der Waals surface area (Å²) in [6, 6.07) is 10.1. The Morgan fingerprint density at radius 2 is 1.45 bits per heavy atom. The SMILES string of the molecule is CCOc1ccc(OCC(=O)N2CCN(C(=O)c3ccc(F)c(F)c3)CC2)cc1. The Balaban J connectivity index is 1.47. The van der Waals surface area contributed by atoms with Gasteiger partial charge in [0.05, 0.1) is 6.61 Å². The minimum absolute atomic E-state index is 0.0857. The van der Waals surface area contributed by atoms with Crippen molar-refractivity contribution in [3.63, 3.8) is 0 Å². The van der Waals surface area contributed by atoms with Gasteiger partial charge in [0.25, 0.3) is 11.8 Å². The van der Waals surface area contributed by atoms with Gasteiger partial charge >= 0.3 is 0 Å². The molecule has 1 aliphatic heterocycles. The number of nitrogens with zero attached hydrogens (tertiary/aromatic N) is 2. The van der Waals surface area contributed by atoms with Gasteiger partial charge in [0, 0.05) is 31.7 Å². The van der Waals surface area contributed by atoms with Gasteiger partial charge in [-0.1, -0.05) is 0 Å². The van der Waals surface area contributed by atoms with Crippen molar-refractivity contribution in [2.45, 2.75) is 6.92 Å². The molecule has 1 fully saturated rings. The third-order valence-corrected chi connectivity index (χ3v) is 4.58. The van der Waals surface area contributed by atoms with Crippen LogP contribution in [0.3, 0.4) is 0 Å². The maximum absolute atomic E-state index is 13.3. The Morgan fingerprint density at radius 1 is 0.862 bits per heavy atom. The number of benzene rings is 2. The molecule has 1 saturated heterocycles. The monoisotopic (exact) mass is 404 g/mol. The summed E-state index contributed by atoms with van der Waals surface area (Å²) in [7, 11) is 0. The summed E-state index contributed by atoms with van der Waals surface area (Å²) in [6.07, 6.45) is 0. The Labute approximate surface area is 167 Å². The number of carbonyl (C=O) groups is 2. The van der Waals surface area contributed by atoms with Crippen molar-refractivity contribution >= 4 is 11.8 Å². The van der Waals surface area contributed by atoms with Crippen LogP contribution >= 0.6 is 0 Å². The highest BCUT2D eigenvalue weighted by Crippen LogP contribution is 2.18. The maximum Gasteiger partial charge on any atom is 0.260 e. The van der Waals surface area contributed by atoms with Gasteiger partial charge in [0.1, 0.15) is 11.5 Å². The number of hydrogen-bond donors (Lipinski definition) is 0. The number of amides is 2. The Hall–Kier alpha value is -3.16. The molecule has 0 N–H and O–H groups in total. The summed E-state index contributed by atoms with van der Waals surface area (Å²) in [4.78, 5) is 27.9. The van der Waals surface area contributed by atoms with E-state index in [1.165, 1.54) is 11.0 Å². The molecule has 0 unspecified atom stereocenters. The predicted octanol–water partition coefficient (Wildman–Crippen LogP) is 2.73. The van der Waals surface area contributed by atoms with Crippen LogP contribution in [0.5, 0.6) is 11.5 Å². The number of carbonyl (C=O) groups excluding carboxylic acids is 2. The van der Waals surface area contributed by atoms with Crippen LogP contribution < -0.4 is 9.47 Å². The zero-order valence-electron chi connectivity index (χ0n) is 16.1. The van der Waals surface area contributed by atoms with Gasteiger partial charge < -0.3 is 19.3 Å². The molecule has 8 heteroatoms. The number of ether oxygens (including phenoxy) is 2. The van der Waals surface area contributed by atoms with Crippen LogP contribution in [0.15, 0.2) is 42.5 Å². The molecule has 0 radical (unpaired) electrons. The highest BCUT2D eigenvalue weighted by Gasteiger charge is 2.25. The van der Waals surface area contributed by atoms with Crippen LogP contribution in [-0.2, 0) is 4.79 Å². The molecule has 2 aromatic carbocycles. The van der Waals surface area contributed by atoms with Gasteiger partial charge in [-0.25, -0.2) is 8.78 Å². The molecule has 3 rings (SSSR count). The van der Waals surface area contributed by atoms with E-state index in [4.69, 9.17) is 9.47 Å². The van der Waals surface area contributed by atoms with Crippen molar-refractivity contribution in [1.29, 1.82) is 0 Å². The van der Waals surface area contributed by atoms with E-state index in [2.05, 4.69) is 0 Å². The summed E-state index contributed by atoms with van der Waals surface area (Å²) in [5, 5.41) is 0. The van der Waals surface area contributed by atoms with Crippen molar-refractivity contribution in [3.05, 3.63) is 59.7 Å². The average Bonchev–Trinajstić information content (AvgIpc) is 2.75. The van der Waals surface area contributed by atoms with Crippen molar-refractivity contribution in [3.8, 4) is 11.5 Å². The van der Waals surface area contributed by atoms with Gasteiger partial charge in [-0.05, 0) is 49.4 Å². The molecule has 0 atom stereocenters. The van der Waals surface area contributed by atoms with E-state index in [0.29, 0.717) is 38.5 Å². The second-order valence-electron chi connectivity index (χ2n) is 6.49. The first-order valence-electron chi connectivity index (χ1n) is 9.35. The lowest BCUT2D eigenvalue weighted by atomic mass is 10.1. The molecule has 1 heterocycles. The van der Waals surface area contributed by atoms with Crippen LogP contribution in [0, 0.1) is 11.6 Å². The highest BCUT2D eigenvalue weighted by atomic mass is 19.2. The standard InChI is InChI=1S/C21H22F2N2O4/c1-2-28-16-4-6-17(7-5-16)29-14-20(26)24-9-11-25(12-10-24)21(27)15-3-8-18(22)19(23)13-15/h3-8,13H,2,9-12,14H2,1H3. The summed E-state index contributed by atoms with van der Waals surface area (Å²) in [5.74, 6) is -1.33. The van der Waals surface area contributed by atoms with Gasteiger partial charge in [0.15, 0.2) is 18.2 Å². The first kappa shape index (κ1) is 20.6. The fourth-order valence-electron chi connectivity index (χ4n) is 3.01. The fraction of sp³-hybridized carbons (Fsp3) is 0.333. The molecule has 0 spiro atoms. The minimum Gasteiger partial charge on any atom is -0.494 e. The maximum atomic E-state index is 13.3. The lowest BCUT2D eigenvalue weighted by molar-refractivity contribution is -0.134. The summed E-state index contributed by atoms with van der Waals surface area (Å²) < 4.78 is 37.2. The highest BCUT2D eigenvalue weighted by molar-refractivity contribution is 5.94. The second-order valence-corrected chi connectivity index (χ2v) is 6.49. The van der Waals surface area contributed by atoms with Crippen molar-refractivity contribution in [1.82, 2.24) is 9.80 Å². The lowest BCUT2D eigenvalue weighted by Crippen LogP contribution is -2.51. The van der Waals surface area contributed by atoms with Crippen LogP contribution in [0.25, 0.3) is 0 Å². The molecule has 0 bridgehead atoms. The first-order valence-corrected chi connectivity index (χ1v) is 9.35. The van der Waals surface area contributed by atoms with E-state index in [-0.39, 0.29) is 24.0 Å². The number of hydrogen-bond acceptors (Lipinski definition) is 4. The third-order valence-electron chi connectivity index (χ3n) is 4.58. The van der Waals surface area contributed by atoms with Gasteiger partial charge in [-0.15, -0.1) is 0 Å². The molecule has 6 nitrogen and oxygen atoms in total. The average molecular weight is 404 g/mol. The van der Waals surface area contributed by atoms with E-state index in [1.807, 2.05) is 6.92 Å². The zero-order valence-corrected chi connectivity index (χ0v) is 16.1. The Bertz CT molecular complexity index is 865.